The molecule has 0 bridgehead atoms. The van der Waals surface area contributed by atoms with Crippen LogP contribution in [0, 0.1) is 13.8 Å². The van der Waals surface area contributed by atoms with Crippen molar-refractivity contribution in [2.24, 2.45) is 0 Å². The number of H-pyrrole nitrogens is 1. The molecule has 0 aliphatic carbocycles. The molecule has 7 nitrogen and oxygen atoms in total. The highest BCUT2D eigenvalue weighted by molar-refractivity contribution is 5.53. The summed E-state index contributed by atoms with van der Waals surface area (Å²) >= 11 is 0. The smallest absolute Gasteiger partial charge is 0.181 e. The molecule has 7 heteroatoms. The van der Waals surface area contributed by atoms with Crippen LogP contribution in [-0.4, -0.2) is 41.2 Å². The van der Waals surface area contributed by atoms with Gasteiger partial charge in [0, 0.05) is 30.1 Å². The Morgan fingerprint density at radius 1 is 1.20 bits per heavy atom. The van der Waals surface area contributed by atoms with E-state index in [1.165, 1.54) is 5.56 Å². The van der Waals surface area contributed by atoms with Gasteiger partial charge in [-0.05, 0) is 44.4 Å². The number of hydrogen-bond acceptors (Lipinski definition) is 5. The van der Waals surface area contributed by atoms with Crippen LogP contribution in [0.2, 0.25) is 0 Å². The highest BCUT2D eigenvalue weighted by Crippen LogP contribution is 2.17. The molecular formula is C18H24N6O. The van der Waals surface area contributed by atoms with Crippen LogP contribution in [0.3, 0.4) is 0 Å². The number of nitrogens with one attached hydrogen (secondary N) is 1. The van der Waals surface area contributed by atoms with Crippen molar-refractivity contribution >= 4 is 0 Å². The van der Waals surface area contributed by atoms with E-state index in [9.17, 15) is 5.11 Å². The first-order valence-corrected chi connectivity index (χ1v) is 8.61. The van der Waals surface area contributed by atoms with Gasteiger partial charge in [-0.1, -0.05) is 6.92 Å². The summed E-state index contributed by atoms with van der Waals surface area (Å²) in [4.78, 5) is 8.73. The molecule has 0 radical (unpaired) electrons. The fourth-order valence-corrected chi connectivity index (χ4v) is 2.67. The maximum Gasteiger partial charge on any atom is 0.181 e. The van der Waals surface area contributed by atoms with Gasteiger partial charge in [0.1, 0.15) is 5.82 Å². The Labute approximate surface area is 147 Å². The lowest BCUT2D eigenvalue weighted by atomic mass is 10.1. The van der Waals surface area contributed by atoms with E-state index in [2.05, 4.69) is 27.2 Å². The number of aromatic amines is 1. The van der Waals surface area contributed by atoms with Crippen molar-refractivity contribution in [3.8, 4) is 11.4 Å². The van der Waals surface area contributed by atoms with Crippen molar-refractivity contribution < 1.29 is 5.11 Å². The summed E-state index contributed by atoms with van der Waals surface area (Å²) in [6.45, 7) is 6.50. The summed E-state index contributed by atoms with van der Waals surface area (Å²) < 4.78 is 1.82. The second kappa shape index (κ2) is 7.57. The van der Waals surface area contributed by atoms with E-state index in [-0.39, 0.29) is 0 Å². The molecule has 3 rings (SSSR count). The van der Waals surface area contributed by atoms with Crippen molar-refractivity contribution in [3.05, 3.63) is 47.3 Å². The average Bonchev–Trinajstić information content (AvgIpc) is 3.18. The molecule has 0 aliphatic rings. The fourth-order valence-electron chi connectivity index (χ4n) is 2.67. The number of aliphatic hydroxyl groups is 1. The van der Waals surface area contributed by atoms with Gasteiger partial charge in [-0.15, -0.1) is 0 Å². The fraction of sp³-hybridized carbons (Fsp3) is 0.444. The van der Waals surface area contributed by atoms with Crippen molar-refractivity contribution in [3.63, 3.8) is 0 Å². The van der Waals surface area contributed by atoms with Gasteiger partial charge in [0.15, 0.2) is 5.82 Å². The minimum atomic E-state index is -0.430. The zero-order valence-electron chi connectivity index (χ0n) is 14.9. The Balaban J connectivity index is 1.85. The third-order valence-corrected chi connectivity index (χ3v) is 4.48. The Morgan fingerprint density at radius 2 is 1.96 bits per heavy atom. The molecule has 1 atom stereocenters. The highest BCUT2D eigenvalue weighted by Gasteiger charge is 2.15. The third-order valence-electron chi connectivity index (χ3n) is 4.48. The topological polar surface area (TPSA) is 92.5 Å². The van der Waals surface area contributed by atoms with Crippen LogP contribution in [0.4, 0.5) is 0 Å². The van der Waals surface area contributed by atoms with Crippen molar-refractivity contribution in [1.82, 2.24) is 29.9 Å². The van der Waals surface area contributed by atoms with Gasteiger partial charge >= 0.3 is 0 Å². The van der Waals surface area contributed by atoms with E-state index in [0.29, 0.717) is 18.8 Å². The summed E-state index contributed by atoms with van der Waals surface area (Å²) in [6, 6.07) is 3.78. The van der Waals surface area contributed by atoms with Gasteiger partial charge in [-0.2, -0.15) is 10.2 Å². The summed E-state index contributed by atoms with van der Waals surface area (Å²) in [5, 5.41) is 22.0. The van der Waals surface area contributed by atoms with E-state index >= 15 is 0 Å². The standard InChI is InChI=1S/C18H24N6O/c1-4-15(25)11-24-17(6-5-16-12(2)13(3)21-22-16)20-18(23-24)14-7-9-19-10-8-14/h7-10,15,25H,4-6,11H2,1-3H3,(H,21,22)/t15-/m0/s1. The molecule has 3 heterocycles. The van der Waals surface area contributed by atoms with Crippen LogP contribution in [0.15, 0.2) is 24.5 Å². The van der Waals surface area contributed by atoms with Gasteiger partial charge in [0.05, 0.1) is 18.3 Å². The largest absolute Gasteiger partial charge is 0.391 e. The van der Waals surface area contributed by atoms with E-state index < -0.39 is 6.10 Å². The number of aryl methyl sites for hydroxylation is 3. The molecule has 0 fully saturated rings. The van der Waals surface area contributed by atoms with Gasteiger partial charge in [0.2, 0.25) is 0 Å². The zero-order chi connectivity index (χ0) is 17.8. The van der Waals surface area contributed by atoms with Crippen LogP contribution in [0.25, 0.3) is 11.4 Å². The number of nitrogens with zero attached hydrogens (tertiary/aromatic N) is 5. The molecule has 3 aromatic rings. The molecule has 25 heavy (non-hydrogen) atoms. The Hall–Kier alpha value is -2.54. The molecule has 2 N–H and O–H groups in total. The lowest BCUT2D eigenvalue weighted by molar-refractivity contribution is 0.144. The Bertz CT molecular complexity index is 823. The summed E-state index contributed by atoms with van der Waals surface area (Å²) in [5.41, 5.74) is 4.26. The SMILES string of the molecule is CC[C@H](O)Cn1nc(-c2ccncc2)nc1CCc1n[nH]c(C)c1C. The van der Waals surface area contributed by atoms with E-state index in [0.717, 1.165) is 35.6 Å². The zero-order valence-corrected chi connectivity index (χ0v) is 14.9. The predicted molar refractivity (Wildman–Crippen MR) is 95.0 cm³/mol. The van der Waals surface area contributed by atoms with Gasteiger partial charge in [-0.3, -0.25) is 10.1 Å². The summed E-state index contributed by atoms with van der Waals surface area (Å²) in [7, 11) is 0. The molecule has 0 spiro atoms. The summed E-state index contributed by atoms with van der Waals surface area (Å²) in [5.74, 6) is 1.52. The normalized spacial score (nSPS) is 12.5. The van der Waals surface area contributed by atoms with Crippen LogP contribution in [-0.2, 0) is 19.4 Å². The van der Waals surface area contributed by atoms with Crippen molar-refractivity contribution in [2.45, 2.75) is 52.7 Å². The Kier molecular flexibility index (Phi) is 5.23. The van der Waals surface area contributed by atoms with E-state index in [4.69, 9.17) is 4.98 Å². The molecule has 0 saturated carbocycles. The van der Waals surface area contributed by atoms with Crippen LogP contribution in [0.1, 0.15) is 36.1 Å². The number of hydrogen-bond donors (Lipinski definition) is 2. The lowest BCUT2D eigenvalue weighted by Gasteiger charge is -2.09. The second-order valence-corrected chi connectivity index (χ2v) is 6.25. The van der Waals surface area contributed by atoms with Crippen molar-refractivity contribution in [2.75, 3.05) is 0 Å². The molecule has 0 saturated heterocycles. The average molecular weight is 340 g/mol. The first-order chi connectivity index (χ1) is 12.1. The minimum absolute atomic E-state index is 0.430. The number of rotatable bonds is 7. The molecule has 3 aromatic heterocycles. The highest BCUT2D eigenvalue weighted by atomic mass is 16.3. The van der Waals surface area contributed by atoms with Gasteiger partial charge in [-0.25, -0.2) is 9.67 Å². The predicted octanol–water partition coefficient (Wildman–Crippen LogP) is 2.24. The van der Waals surface area contributed by atoms with Crippen LogP contribution in [0.5, 0.6) is 0 Å². The van der Waals surface area contributed by atoms with Crippen LogP contribution >= 0.6 is 0 Å². The van der Waals surface area contributed by atoms with Gasteiger partial charge in [0.25, 0.3) is 0 Å². The molecule has 0 aromatic carbocycles. The molecular weight excluding hydrogens is 316 g/mol. The molecule has 132 valence electrons. The second-order valence-electron chi connectivity index (χ2n) is 6.25. The first-order valence-electron chi connectivity index (χ1n) is 8.61. The summed E-state index contributed by atoms with van der Waals surface area (Å²) in [6.07, 6.45) is 5.22. The minimum Gasteiger partial charge on any atom is -0.391 e. The Morgan fingerprint density at radius 3 is 2.60 bits per heavy atom. The molecule has 0 aliphatic heterocycles. The number of aromatic nitrogens is 6. The van der Waals surface area contributed by atoms with Gasteiger partial charge < -0.3 is 5.11 Å². The lowest BCUT2D eigenvalue weighted by Crippen LogP contribution is -2.18. The maximum atomic E-state index is 10.0. The van der Waals surface area contributed by atoms with E-state index in [1.54, 1.807) is 12.4 Å². The molecule has 0 unspecified atom stereocenters. The first kappa shape index (κ1) is 17.3. The third kappa shape index (κ3) is 3.93. The number of aliphatic hydroxyl groups excluding tert-OH is 1. The van der Waals surface area contributed by atoms with E-state index in [1.807, 2.05) is 30.7 Å². The quantitative estimate of drug-likeness (QED) is 0.688. The maximum absolute atomic E-state index is 10.0. The van der Waals surface area contributed by atoms with Crippen LogP contribution < -0.4 is 0 Å². The number of pyridine rings is 1. The monoisotopic (exact) mass is 340 g/mol. The molecule has 0 amide bonds. The van der Waals surface area contributed by atoms with Crippen molar-refractivity contribution in [1.29, 1.82) is 0 Å².